The highest BCUT2D eigenvalue weighted by Crippen LogP contribution is 2.25. The van der Waals surface area contributed by atoms with Gasteiger partial charge in [0, 0.05) is 13.1 Å². The van der Waals surface area contributed by atoms with Crippen molar-refractivity contribution in [2.75, 3.05) is 23.7 Å². The van der Waals surface area contributed by atoms with Gasteiger partial charge in [0.2, 0.25) is 0 Å². The van der Waals surface area contributed by atoms with Crippen LogP contribution >= 0.6 is 0 Å². The number of hydrogen-bond donors (Lipinski definition) is 2. The van der Waals surface area contributed by atoms with E-state index in [1.54, 1.807) is 6.20 Å². The van der Waals surface area contributed by atoms with Gasteiger partial charge in [-0.3, -0.25) is 4.79 Å². The molecule has 6 heteroatoms. The molecule has 0 bridgehead atoms. The average Bonchev–Trinajstić information content (AvgIpc) is 2.46. The highest BCUT2D eigenvalue weighted by Gasteiger charge is 2.26. The van der Waals surface area contributed by atoms with Crippen molar-refractivity contribution in [3.8, 4) is 0 Å². The number of carboxylic acid groups (broad SMARTS) is 1. The van der Waals surface area contributed by atoms with Crippen molar-refractivity contribution in [1.82, 2.24) is 9.97 Å². The second-order valence-electron chi connectivity index (χ2n) is 5.27. The van der Waals surface area contributed by atoms with E-state index in [4.69, 9.17) is 10.8 Å². The summed E-state index contributed by atoms with van der Waals surface area (Å²) >= 11 is 0. The number of nitrogens with two attached hydrogens (primary N) is 1. The first-order valence-corrected chi connectivity index (χ1v) is 7.21. The number of anilines is 2. The predicted molar refractivity (Wildman–Crippen MR) is 77.6 cm³/mol. The SMILES string of the molecule is CCCCc1cnc(N)c(N2CCC(C(=O)O)CC2)n1. The molecule has 1 fully saturated rings. The molecule has 0 radical (unpaired) electrons. The molecule has 3 N–H and O–H groups in total. The summed E-state index contributed by atoms with van der Waals surface area (Å²) in [5, 5.41) is 9.02. The van der Waals surface area contributed by atoms with Gasteiger partial charge >= 0.3 is 5.97 Å². The fourth-order valence-corrected chi connectivity index (χ4v) is 2.47. The summed E-state index contributed by atoms with van der Waals surface area (Å²) in [5.74, 6) is 0.186. The molecule has 1 aromatic heterocycles. The molecule has 1 saturated heterocycles. The second kappa shape index (κ2) is 6.54. The van der Waals surface area contributed by atoms with Crippen LogP contribution in [0.3, 0.4) is 0 Å². The van der Waals surface area contributed by atoms with E-state index in [1.807, 2.05) is 0 Å². The molecule has 0 unspecified atom stereocenters. The molecule has 1 aliphatic rings. The van der Waals surface area contributed by atoms with Crippen LogP contribution in [0.2, 0.25) is 0 Å². The maximum Gasteiger partial charge on any atom is 0.306 e. The van der Waals surface area contributed by atoms with Gasteiger partial charge in [-0.2, -0.15) is 0 Å². The van der Waals surface area contributed by atoms with Gasteiger partial charge in [0.15, 0.2) is 11.6 Å². The molecule has 1 aromatic rings. The van der Waals surface area contributed by atoms with Gasteiger partial charge in [-0.05, 0) is 25.7 Å². The summed E-state index contributed by atoms with van der Waals surface area (Å²) in [4.78, 5) is 21.8. The van der Waals surface area contributed by atoms with E-state index in [2.05, 4.69) is 21.8 Å². The molecule has 0 atom stereocenters. The maximum absolute atomic E-state index is 11.0. The fourth-order valence-electron chi connectivity index (χ4n) is 2.47. The Kier molecular flexibility index (Phi) is 4.76. The lowest BCUT2D eigenvalue weighted by molar-refractivity contribution is -0.142. The molecule has 6 nitrogen and oxygen atoms in total. The van der Waals surface area contributed by atoms with Gasteiger partial charge in [0.05, 0.1) is 17.8 Å². The van der Waals surface area contributed by atoms with Crippen LogP contribution in [0.1, 0.15) is 38.3 Å². The van der Waals surface area contributed by atoms with Gasteiger partial charge in [0.25, 0.3) is 0 Å². The molecule has 1 aliphatic heterocycles. The van der Waals surface area contributed by atoms with E-state index >= 15 is 0 Å². The minimum absolute atomic E-state index is 0.247. The zero-order chi connectivity index (χ0) is 14.5. The van der Waals surface area contributed by atoms with E-state index in [9.17, 15) is 4.79 Å². The number of nitrogens with zero attached hydrogens (tertiary/aromatic N) is 3. The van der Waals surface area contributed by atoms with E-state index in [-0.39, 0.29) is 5.92 Å². The van der Waals surface area contributed by atoms with Gasteiger partial charge in [-0.15, -0.1) is 0 Å². The minimum atomic E-state index is -0.708. The summed E-state index contributed by atoms with van der Waals surface area (Å²) in [6.45, 7) is 3.49. The molecule has 20 heavy (non-hydrogen) atoms. The van der Waals surface area contributed by atoms with E-state index < -0.39 is 5.97 Å². The first-order valence-electron chi connectivity index (χ1n) is 7.21. The summed E-state index contributed by atoms with van der Waals surface area (Å²) in [6, 6.07) is 0. The lowest BCUT2D eigenvalue weighted by atomic mass is 9.97. The molecule has 2 heterocycles. The smallest absolute Gasteiger partial charge is 0.306 e. The Morgan fingerprint density at radius 3 is 2.80 bits per heavy atom. The quantitative estimate of drug-likeness (QED) is 0.851. The summed E-state index contributed by atoms with van der Waals surface area (Å²) < 4.78 is 0. The summed E-state index contributed by atoms with van der Waals surface area (Å²) in [5.41, 5.74) is 6.87. The Hall–Kier alpha value is -1.85. The number of nitrogen functional groups attached to an aromatic ring is 1. The number of unbranched alkanes of at least 4 members (excludes halogenated alkanes) is 1. The maximum atomic E-state index is 11.0. The Morgan fingerprint density at radius 2 is 2.20 bits per heavy atom. The Labute approximate surface area is 119 Å². The summed E-state index contributed by atoms with van der Waals surface area (Å²) in [7, 11) is 0. The fraction of sp³-hybridized carbons (Fsp3) is 0.643. The topological polar surface area (TPSA) is 92.3 Å². The van der Waals surface area contributed by atoms with Gasteiger partial charge in [0.1, 0.15) is 0 Å². The van der Waals surface area contributed by atoms with Crippen molar-refractivity contribution >= 4 is 17.6 Å². The van der Waals surface area contributed by atoms with Crippen molar-refractivity contribution in [1.29, 1.82) is 0 Å². The third-order valence-corrected chi connectivity index (χ3v) is 3.76. The van der Waals surface area contributed by atoms with Crippen LogP contribution in [0.25, 0.3) is 0 Å². The molecule has 0 aromatic carbocycles. The Morgan fingerprint density at radius 1 is 1.50 bits per heavy atom. The first-order chi connectivity index (χ1) is 9.61. The first kappa shape index (κ1) is 14.6. The molecule has 0 saturated carbocycles. The molecule has 0 aliphatic carbocycles. The largest absolute Gasteiger partial charge is 0.481 e. The average molecular weight is 278 g/mol. The van der Waals surface area contributed by atoms with Gasteiger partial charge < -0.3 is 15.7 Å². The van der Waals surface area contributed by atoms with E-state index in [0.717, 1.165) is 25.0 Å². The minimum Gasteiger partial charge on any atom is -0.481 e. The third kappa shape index (κ3) is 3.37. The zero-order valence-corrected chi connectivity index (χ0v) is 11.9. The monoisotopic (exact) mass is 278 g/mol. The lowest BCUT2D eigenvalue weighted by Gasteiger charge is -2.31. The zero-order valence-electron chi connectivity index (χ0n) is 11.9. The standard InChI is InChI=1S/C14H22N4O2/c1-2-3-4-11-9-16-12(15)13(17-11)18-7-5-10(6-8-18)14(19)20/h9-10H,2-8H2,1H3,(H2,15,16)(H,19,20). The Balaban J connectivity index is 2.06. The van der Waals surface area contributed by atoms with E-state index in [0.29, 0.717) is 37.6 Å². The van der Waals surface area contributed by atoms with Crippen LogP contribution in [-0.2, 0) is 11.2 Å². The number of carboxylic acids is 1. The number of hydrogen-bond acceptors (Lipinski definition) is 5. The van der Waals surface area contributed by atoms with Crippen LogP contribution in [0.15, 0.2) is 6.20 Å². The van der Waals surface area contributed by atoms with Crippen LogP contribution in [0.4, 0.5) is 11.6 Å². The lowest BCUT2D eigenvalue weighted by Crippen LogP contribution is -2.37. The molecule has 0 amide bonds. The Bertz CT molecular complexity index is 470. The second-order valence-corrected chi connectivity index (χ2v) is 5.27. The predicted octanol–water partition coefficient (Wildman–Crippen LogP) is 1.70. The van der Waals surface area contributed by atoms with Crippen molar-refractivity contribution in [3.63, 3.8) is 0 Å². The molecule has 2 rings (SSSR count). The normalized spacial score (nSPS) is 16.4. The van der Waals surface area contributed by atoms with Crippen molar-refractivity contribution in [2.24, 2.45) is 5.92 Å². The number of carbonyl (C=O) groups is 1. The van der Waals surface area contributed by atoms with E-state index in [1.165, 1.54) is 0 Å². The number of piperidine rings is 1. The van der Waals surface area contributed by atoms with Crippen LogP contribution in [-0.4, -0.2) is 34.1 Å². The summed E-state index contributed by atoms with van der Waals surface area (Å²) in [6.07, 6.45) is 6.11. The van der Waals surface area contributed by atoms with Crippen molar-refractivity contribution in [2.45, 2.75) is 39.0 Å². The van der Waals surface area contributed by atoms with Crippen LogP contribution in [0.5, 0.6) is 0 Å². The molecular formula is C14H22N4O2. The van der Waals surface area contributed by atoms with Crippen molar-refractivity contribution in [3.05, 3.63) is 11.9 Å². The van der Waals surface area contributed by atoms with Gasteiger partial charge in [-0.25, -0.2) is 9.97 Å². The highest BCUT2D eigenvalue weighted by molar-refractivity contribution is 5.70. The third-order valence-electron chi connectivity index (χ3n) is 3.76. The molecular weight excluding hydrogens is 256 g/mol. The van der Waals surface area contributed by atoms with Crippen LogP contribution in [0, 0.1) is 5.92 Å². The molecule has 110 valence electrons. The van der Waals surface area contributed by atoms with Crippen molar-refractivity contribution < 1.29 is 9.90 Å². The van der Waals surface area contributed by atoms with Crippen LogP contribution < -0.4 is 10.6 Å². The number of aromatic nitrogens is 2. The number of rotatable bonds is 5. The number of aliphatic carboxylic acids is 1. The van der Waals surface area contributed by atoms with Gasteiger partial charge in [-0.1, -0.05) is 13.3 Å². The highest BCUT2D eigenvalue weighted by atomic mass is 16.4. The number of aryl methyl sites for hydroxylation is 1. The molecule has 0 spiro atoms.